The lowest BCUT2D eigenvalue weighted by Gasteiger charge is -2.16. The van der Waals surface area contributed by atoms with Gasteiger partial charge in [-0.2, -0.15) is 0 Å². The summed E-state index contributed by atoms with van der Waals surface area (Å²) in [6.45, 7) is 2.46. The molecule has 0 saturated heterocycles. The van der Waals surface area contributed by atoms with E-state index in [0.29, 0.717) is 26.8 Å². The number of thioether (sulfide) groups is 1. The second-order valence-corrected chi connectivity index (χ2v) is 9.08. The van der Waals surface area contributed by atoms with Gasteiger partial charge >= 0.3 is 0 Å². The summed E-state index contributed by atoms with van der Waals surface area (Å²) < 4.78 is 15.4. The molecule has 2 aromatic carbocycles. The van der Waals surface area contributed by atoms with Crippen LogP contribution in [-0.2, 0) is 4.79 Å². The highest BCUT2D eigenvalue weighted by molar-refractivity contribution is 8.01. The molecule has 0 aliphatic heterocycles. The Kier molecular flexibility index (Phi) is 6.02. The molecule has 0 radical (unpaired) electrons. The summed E-state index contributed by atoms with van der Waals surface area (Å²) in [7, 11) is 0. The second kappa shape index (κ2) is 8.85. The molecule has 0 bridgehead atoms. The van der Waals surface area contributed by atoms with Crippen LogP contribution in [0, 0.1) is 5.82 Å². The van der Waals surface area contributed by atoms with Gasteiger partial charge in [0.05, 0.1) is 21.7 Å². The molecule has 2 heterocycles. The molecule has 1 N–H and O–H groups in total. The number of nitrogens with one attached hydrogen (secondary N) is 1. The second-order valence-electron chi connectivity index (χ2n) is 5.87. The van der Waals surface area contributed by atoms with Gasteiger partial charge in [0.2, 0.25) is 11.0 Å². The zero-order chi connectivity index (χ0) is 20.2. The van der Waals surface area contributed by atoms with E-state index in [1.807, 2.05) is 31.2 Å². The van der Waals surface area contributed by atoms with Crippen LogP contribution in [0.1, 0.15) is 6.92 Å². The molecule has 148 valence electrons. The van der Waals surface area contributed by atoms with Crippen molar-refractivity contribution >= 4 is 66.5 Å². The zero-order valence-electron chi connectivity index (χ0n) is 15.3. The molecule has 0 spiro atoms. The average Bonchev–Trinajstić information content (AvgIpc) is 3.35. The molecule has 0 fully saturated rings. The van der Waals surface area contributed by atoms with Crippen LogP contribution in [-0.4, -0.2) is 33.4 Å². The highest BCUT2D eigenvalue weighted by atomic mass is 32.2. The standard InChI is InChI=1S/C19H16FN5OS3/c1-2-25(18-22-14-9-5-6-10-15(14)28-18)16(26)11-27-19-24-23-17(29-19)21-13-8-4-3-7-12(13)20/h3-10H,2,11H2,1H3,(H,21,23). The summed E-state index contributed by atoms with van der Waals surface area (Å²) in [6.07, 6.45) is 0. The van der Waals surface area contributed by atoms with E-state index in [2.05, 4.69) is 20.5 Å². The van der Waals surface area contributed by atoms with Crippen molar-refractivity contribution in [1.29, 1.82) is 0 Å². The van der Waals surface area contributed by atoms with Crippen molar-refractivity contribution in [2.45, 2.75) is 11.3 Å². The first kappa shape index (κ1) is 19.7. The number of thiazole rings is 1. The molecule has 4 aromatic rings. The van der Waals surface area contributed by atoms with Gasteiger partial charge in [0.25, 0.3) is 0 Å². The Balaban J connectivity index is 1.39. The third kappa shape index (κ3) is 4.55. The van der Waals surface area contributed by atoms with E-state index in [-0.39, 0.29) is 17.5 Å². The number of para-hydroxylation sites is 2. The lowest BCUT2D eigenvalue weighted by atomic mass is 10.3. The van der Waals surface area contributed by atoms with Crippen molar-refractivity contribution in [3.63, 3.8) is 0 Å². The monoisotopic (exact) mass is 445 g/mol. The van der Waals surface area contributed by atoms with E-state index in [0.717, 1.165) is 10.2 Å². The molecule has 0 atom stereocenters. The van der Waals surface area contributed by atoms with Gasteiger partial charge in [0, 0.05) is 6.54 Å². The number of hydrogen-bond acceptors (Lipinski definition) is 8. The lowest BCUT2D eigenvalue weighted by Crippen LogP contribution is -2.31. The Morgan fingerprint density at radius 2 is 1.93 bits per heavy atom. The first-order valence-electron chi connectivity index (χ1n) is 8.78. The maximum Gasteiger partial charge on any atom is 0.239 e. The van der Waals surface area contributed by atoms with Crippen LogP contribution in [0.15, 0.2) is 52.9 Å². The number of halogens is 1. The summed E-state index contributed by atoms with van der Waals surface area (Å²) in [4.78, 5) is 19.0. The molecule has 0 aliphatic rings. The lowest BCUT2D eigenvalue weighted by molar-refractivity contribution is -0.116. The minimum absolute atomic E-state index is 0.0460. The fraction of sp³-hybridized carbons (Fsp3) is 0.158. The predicted molar refractivity (Wildman–Crippen MR) is 118 cm³/mol. The maximum absolute atomic E-state index is 13.7. The third-order valence-electron chi connectivity index (χ3n) is 3.97. The van der Waals surface area contributed by atoms with Crippen LogP contribution >= 0.6 is 34.4 Å². The minimum atomic E-state index is -0.360. The molecule has 29 heavy (non-hydrogen) atoms. The normalized spacial score (nSPS) is 11.0. The van der Waals surface area contributed by atoms with E-state index in [1.165, 1.54) is 40.5 Å². The number of fused-ring (bicyclic) bond motifs is 1. The first-order chi connectivity index (χ1) is 14.1. The Morgan fingerprint density at radius 3 is 2.72 bits per heavy atom. The van der Waals surface area contributed by atoms with Crippen molar-refractivity contribution in [2.24, 2.45) is 0 Å². The molecule has 0 aliphatic carbocycles. The maximum atomic E-state index is 13.7. The topological polar surface area (TPSA) is 71.0 Å². The summed E-state index contributed by atoms with van der Waals surface area (Å²) in [5, 5.41) is 12.2. The number of amides is 1. The van der Waals surface area contributed by atoms with E-state index >= 15 is 0 Å². The molecule has 6 nitrogen and oxygen atoms in total. The van der Waals surface area contributed by atoms with Gasteiger partial charge in [-0.05, 0) is 31.2 Å². The van der Waals surface area contributed by atoms with Gasteiger partial charge in [0.1, 0.15) is 5.82 Å². The quantitative estimate of drug-likeness (QED) is 0.396. The average molecular weight is 446 g/mol. The SMILES string of the molecule is CCN(C(=O)CSc1nnc(Nc2ccccc2F)s1)c1nc2ccccc2s1. The Hall–Kier alpha value is -2.56. The van der Waals surface area contributed by atoms with Gasteiger partial charge < -0.3 is 5.32 Å². The number of benzene rings is 2. The number of nitrogens with zero attached hydrogens (tertiary/aromatic N) is 4. The van der Waals surface area contributed by atoms with Crippen molar-refractivity contribution in [2.75, 3.05) is 22.5 Å². The Bertz CT molecular complexity index is 1110. The summed E-state index contributed by atoms with van der Waals surface area (Å²) >= 11 is 4.08. The van der Waals surface area contributed by atoms with Crippen LogP contribution < -0.4 is 10.2 Å². The number of hydrogen-bond donors (Lipinski definition) is 1. The fourth-order valence-corrected chi connectivity index (χ4v) is 5.28. The number of carbonyl (C=O) groups excluding carboxylic acids is 1. The zero-order valence-corrected chi connectivity index (χ0v) is 17.8. The Labute approximate surface area is 178 Å². The smallest absolute Gasteiger partial charge is 0.239 e. The minimum Gasteiger partial charge on any atom is -0.328 e. The van der Waals surface area contributed by atoms with Crippen molar-refractivity contribution in [3.8, 4) is 0 Å². The third-order valence-corrected chi connectivity index (χ3v) is 6.99. The summed E-state index contributed by atoms with van der Waals surface area (Å²) in [5.74, 6) is -0.185. The molecule has 0 unspecified atom stereocenters. The Morgan fingerprint density at radius 1 is 1.14 bits per heavy atom. The van der Waals surface area contributed by atoms with Gasteiger partial charge in [-0.25, -0.2) is 9.37 Å². The van der Waals surface area contributed by atoms with E-state index < -0.39 is 0 Å². The van der Waals surface area contributed by atoms with Crippen molar-refractivity contribution < 1.29 is 9.18 Å². The van der Waals surface area contributed by atoms with Gasteiger partial charge in [-0.1, -0.05) is 58.7 Å². The van der Waals surface area contributed by atoms with Gasteiger partial charge in [0.15, 0.2) is 9.47 Å². The van der Waals surface area contributed by atoms with Crippen LogP contribution in [0.5, 0.6) is 0 Å². The molecule has 1 amide bonds. The van der Waals surface area contributed by atoms with E-state index in [4.69, 9.17) is 0 Å². The summed E-state index contributed by atoms with van der Waals surface area (Å²) in [6, 6.07) is 14.2. The van der Waals surface area contributed by atoms with Crippen LogP contribution in [0.4, 0.5) is 20.3 Å². The molecule has 4 rings (SSSR count). The summed E-state index contributed by atoms with van der Waals surface area (Å²) in [5.41, 5.74) is 1.23. The highest BCUT2D eigenvalue weighted by Gasteiger charge is 2.19. The van der Waals surface area contributed by atoms with E-state index in [1.54, 1.807) is 23.1 Å². The van der Waals surface area contributed by atoms with E-state index in [9.17, 15) is 9.18 Å². The molecule has 0 saturated carbocycles. The number of anilines is 3. The van der Waals surface area contributed by atoms with Gasteiger partial charge in [-0.15, -0.1) is 10.2 Å². The van der Waals surface area contributed by atoms with Crippen LogP contribution in [0.3, 0.4) is 0 Å². The number of carbonyl (C=O) groups is 1. The number of rotatable bonds is 7. The fourth-order valence-electron chi connectivity index (χ4n) is 2.59. The highest BCUT2D eigenvalue weighted by Crippen LogP contribution is 2.31. The predicted octanol–water partition coefficient (Wildman–Crippen LogP) is 5.18. The first-order valence-corrected chi connectivity index (χ1v) is 11.4. The molecule has 2 aromatic heterocycles. The van der Waals surface area contributed by atoms with Crippen molar-refractivity contribution in [3.05, 3.63) is 54.3 Å². The van der Waals surface area contributed by atoms with Crippen LogP contribution in [0.25, 0.3) is 10.2 Å². The van der Waals surface area contributed by atoms with Crippen molar-refractivity contribution in [1.82, 2.24) is 15.2 Å². The molecular weight excluding hydrogens is 429 g/mol. The molecular formula is C19H16FN5OS3. The largest absolute Gasteiger partial charge is 0.328 e. The van der Waals surface area contributed by atoms with Crippen LogP contribution in [0.2, 0.25) is 0 Å². The molecule has 10 heteroatoms. The number of aromatic nitrogens is 3. The van der Waals surface area contributed by atoms with Gasteiger partial charge in [-0.3, -0.25) is 9.69 Å².